The molecule has 0 fully saturated rings. The Labute approximate surface area is 187 Å². The van der Waals surface area contributed by atoms with Gasteiger partial charge in [-0.3, -0.25) is 4.57 Å². The van der Waals surface area contributed by atoms with Gasteiger partial charge in [0.2, 0.25) is 5.82 Å². The number of anilines is 1. The first kappa shape index (κ1) is 21.9. The molecule has 0 amide bonds. The van der Waals surface area contributed by atoms with E-state index in [1.54, 1.807) is 24.3 Å². The highest BCUT2D eigenvalue weighted by Gasteiger charge is 2.36. The van der Waals surface area contributed by atoms with Crippen molar-refractivity contribution in [2.24, 2.45) is 0 Å². The number of aromatic nitrogens is 4. The lowest BCUT2D eigenvalue weighted by Gasteiger charge is -2.12. The third-order valence-electron chi connectivity index (χ3n) is 4.60. The molecule has 10 heteroatoms. The van der Waals surface area contributed by atoms with E-state index in [2.05, 4.69) is 20.3 Å². The normalized spacial score (nSPS) is 11.6. The smallest absolute Gasteiger partial charge is 0.451 e. The molecule has 4 aromatic rings. The molecule has 2 aromatic carbocycles. The lowest BCUT2D eigenvalue weighted by atomic mass is 10.2. The number of nitrogens with zero attached hydrogens (tertiary/aromatic N) is 4. The van der Waals surface area contributed by atoms with Gasteiger partial charge in [-0.2, -0.15) is 13.2 Å². The first-order valence-corrected chi connectivity index (χ1v) is 10.4. The Kier molecular flexibility index (Phi) is 6.45. The van der Waals surface area contributed by atoms with Crippen LogP contribution >= 0.6 is 11.6 Å². The van der Waals surface area contributed by atoms with Gasteiger partial charge in [0, 0.05) is 18.5 Å². The largest absolute Gasteiger partial charge is 0.489 e. The lowest BCUT2D eigenvalue weighted by molar-refractivity contribution is -0.144. The molecule has 2 aromatic heterocycles. The number of rotatable bonds is 8. The minimum Gasteiger partial charge on any atom is -0.489 e. The minimum absolute atomic E-state index is 0.0164. The van der Waals surface area contributed by atoms with E-state index in [4.69, 9.17) is 16.3 Å². The van der Waals surface area contributed by atoms with Crippen LogP contribution in [0.4, 0.5) is 19.0 Å². The zero-order chi connectivity index (χ0) is 22.6. The van der Waals surface area contributed by atoms with E-state index in [0.29, 0.717) is 36.9 Å². The molecule has 0 unspecified atom stereocenters. The van der Waals surface area contributed by atoms with Crippen molar-refractivity contribution in [2.75, 3.05) is 17.7 Å². The Morgan fingerprint density at radius 2 is 1.84 bits per heavy atom. The fraction of sp³-hybridized carbons (Fsp3) is 0.227. The second-order valence-corrected chi connectivity index (χ2v) is 7.30. The van der Waals surface area contributed by atoms with E-state index >= 15 is 0 Å². The summed E-state index contributed by atoms with van der Waals surface area (Å²) in [5.74, 6) is -0.282. The van der Waals surface area contributed by atoms with Gasteiger partial charge in [0.25, 0.3) is 0 Å². The van der Waals surface area contributed by atoms with Gasteiger partial charge in [-0.05, 0) is 24.1 Å². The Balaban J connectivity index is 1.69. The van der Waals surface area contributed by atoms with Crippen molar-refractivity contribution in [3.8, 4) is 11.4 Å². The predicted molar refractivity (Wildman–Crippen MR) is 116 cm³/mol. The van der Waals surface area contributed by atoms with Crippen LogP contribution in [0.25, 0.3) is 16.9 Å². The summed E-state index contributed by atoms with van der Waals surface area (Å²) in [5, 5.41) is 2.88. The molecular weight excluding hydrogens is 443 g/mol. The van der Waals surface area contributed by atoms with Gasteiger partial charge in [-0.1, -0.05) is 36.4 Å². The van der Waals surface area contributed by atoms with E-state index in [1.807, 2.05) is 30.3 Å². The van der Waals surface area contributed by atoms with E-state index in [0.717, 1.165) is 5.56 Å². The summed E-state index contributed by atoms with van der Waals surface area (Å²) < 4.78 is 47.6. The average molecular weight is 462 g/mol. The fourth-order valence-corrected chi connectivity index (χ4v) is 3.21. The number of alkyl halides is 4. The highest BCUT2D eigenvalue weighted by atomic mass is 35.5. The minimum atomic E-state index is -4.70. The number of hydrogen-bond acceptors (Lipinski definition) is 5. The van der Waals surface area contributed by atoms with Crippen LogP contribution in [-0.2, 0) is 12.8 Å². The number of imidazole rings is 1. The van der Waals surface area contributed by atoms with Crippen molar-refractivity contribution < 1.29 is 17.9 Å². The summed E-state index contributed by atoms with van der Waals surface area (Å²) in [6.07, 6.45) is -2.72. The van der Waals surface area contributed by atoms with Gasteiger partial charge < -0.3 is 10.1 Å². The van der Waals surface area contributed by atoms with Crippen molar-refractivity contribution >= 4 is 28.6 Å². The summed E-state index contributed by atoms with van der Waals surface area (Å²) in [4.78, 5) is 11.6. The third kappa shape index (κ3) is 4.94. The molecule has 6 nitrogen and oxygen atoms in total. The van der Waals surface area contributed by atoms with Gasteiger partial charge in [0.1, 0.15) is 18.7 Å². The second kappa shape index (κ2) is 9.44. The second-order valence-electron chi connectivity index (χ2n) is 6.92. The molecule has 0 aliphatic carbocycles. The van der Waals surface area contributed by atoms with Crippen LogP contribution in [-0.4, -0.2) is 31.9 Å². The zero-order valence-corrected chi connectivity index (χ0v) is 17.6. The Hall–Kier alpha value is -3.33. The van der Waals surface area contributed by atoms with Gasteiger partial charge in [-0.25, -0.2) is 15.0 Å². The third-order valence-corrected chi connectivity index (χ3v) is 4.86. The maximum Gasteiger partial charge on any atom is 0.451 e. The first-order valence-electron chi connectivity index (χ1n) is 9.85. The molecule has 0 spiro atoms. The van der Waals surface area contributed by atoms with Crippen LogP contribution in [0.3, 0.4) is 0 Å². The predicted octanol–water partition coefficient (Wildman–Crippen LogP) is 5.45. The van der Waals surface area contributed by atoms with Crippen molar-refractivity contribution in [3.05, 3.63) is 72.3 Å². The summed E-state index contributed by atoms with van der Waals surface area (Å²) in [5.41, 5.74) is 1.85. The highest BCUT2D eigenvalue weighted by molar-refractivity contribution is 6.17. The molecule has 32 heavy (non-hydrogen) atoms. The van der Waals surface area contributed by atoms with E-state index in [1.165, 1.54) is 10.9 Å². The molecule has 0 bridgehead atoms. The van der Waals surface area contributed by atoms with E-state index in [-0.39, 0.29) is 17.0 Å². The molecule has 0 aliphatic rings. The quantitative estimate of drug-likeness (QED) is 0.279. The van der Waals surface area contributed by atoms with Crippen molar-refractivity contribution in [1.82, 2.24) is 19.5 Å². The maximum atomic E-state index is 13.4. The van der Waals surface area contributed by atoms with Crippen molar-refractivity contribution in [1.29, 1.82) is 0 Å². The summed E-state index contributed by atoms with van der Waals surface area (Å²) >= 11 is 5.67. The summed E-state index contributed by atoms with van der Waals surface area (Å²) in [7, 11) is 0. The topological polar surface area (TPSA) is 64.9 Å². The molecule has 1 N–H and O–H groups in total. The van der Waals surface area contributed by atoms with E-state index < -0.39 is 12.0 Å². The monoisotopic (exact) mass is 461 g/mol. The van der Waals surface area contributed by atoms with Gasteiger partial charge in [0.05, 0.1) is 5.69 Å². The first-order chi connectivity index (χ1) is 15.5. The molecule has 0 saturated carbocycles. The zero-order valence-electron chi connectivity index (χ0n) is 16.8. The Morgan fingerprint density at radius 3 is 2.59 bits per heavy atom. The summed E-state index contributed by atoms with van der Waals surface area (Å²) in [6, 6.07) is 16.7. The molecule has 4 rings (SSSR count). The standard InChI is InChI=1S/C22H19ClF3N5O/c23-10-5-11-27-19-18-20(30-21(29-19)22(24,25)26)31(14-28-18)16-8-4-9-17(12-16)32-13-15-6-2-1-3-7-15/h1-4,6-9,12,14H,5,10-11,13H2,(H,27,29,30). The lowest BCUT2D eigenvalue weighted by Crippen LogP contribution is -2.15. The molecule has 2 heterocycles. The van der Waals surface area contributed by atoms with Crippen LogP contribution in [0.15, 0.2) is 60.9 Å². The number of hydrogen-bond donors (Lipinski definition) is 1. The molecular formula is C22H19ClF3N5O. The average Bonchev–Trinajstić information content (AvgIpc) is 3.22. The molecule has 0 radical (unpaired) electrons. The van der Waals surface area contributed by atoms with Crippen molar-refractivity contribution in [2.45, 2.75) is 19.2 Å². The van der Waals surface area contributed by atoms with Crippen LogP contribution in [0.1, 0.15) is 17.8 Å². The number of halogens is 4. The summed E-state index contributed by atoms with van der Waals surface area (Å²) in [6.45, 7) is 0.729. The molecule has 0 saturated heterocycles. The van der Waals surface area contributed by atoms with Gasteiger partial charge >= 0.3 is 6.18 Å². The number of ether oxygens (including phenoxy) is 1. The highest BCUT2D eigenvalue weighted by Crippen LogP contribution is 2.31. The SMILES string of the molecule is FC(F)(F)c1nc(NCCCCl)c2ncn(-c3cccc(OCc4ccccc4)c3)c2n1. The number of fused-ring (bicyclic) bond motifs is 1. The fourth-order valence-electron chi connectivity index (χ4n) is 3.08. The maximum absolute atomic E-state index is 13.4. The van der Waals surface area contributed by atoms with Gasteiger partial charge in [-0.15, -0.1) is 11.6 Å². The Bertz CT molecular complexity index is 1200. The number of benzene rings is 2. The molecule has 0 aliphatic heterocycles. The van der Waals surface area contributed by atoms with Crippen molar-refractivity contribution in [3.63, 3.8) is 0 Å². The van der Waals surface area contributed by atoms with Crippen LogP contribution < -0.4 is 10.1 Å². The van der Waals surface area contributed by atoms with Crippen LogP contribution in [0.2, 0.25) is 0 Å². The van der Waals surface area contributed by atoms with E-state index in [9.17, 15) is 13.2 Å². The Morgan fingerprint density at radius 1 is 1.03 bits per heavy atom. The van der Waals surface area contributed by atoms with Crippen LogP contribution in [0.5, 0.6) is 5.75 Å². The molecule has 0 atom stereocenters. The van der Waals surface area contributed by atoms with Gasteiger partial charge in [0.15, 0.2) is 17.0 Å². The number of nitrogens with one attached hydrogen (secondary N) is 1. The molecule has 166 valence electrons. The van der Waals surface area contributed by atoms with Crippen LogP contribution in [0, 0.1) is 0 Å².